The zero-order valence-corrected chi connectivity index (χ0v) is 10.7. The predicted octanol–water partition coefficient (Wildman–Crippen LogP) is 1.91. The van der Waals surface area contributed by atoms with Crippen molar-refractivity contribution in [3.63, 3.8) is 0 Å². The molecule has 1 N–H and O–H groups in total. The van der Waals surface area contributed by atoms with Gasteiger partial charge < -0.3 is 14.5 Å². The second-order valence-electron chi connectivity index (χ2n) is 3.97. The van der Waals surface area contributed by atoms with Gasteiger partial charge in [0.05, 0.1) is 18.7 Å². The summed E-state index contributed by atoms with van der Waals surface area (Å²) in [5.74, 6) is 3.04. The fourth-order valence-corrected chi connectivity index (χ4v) is 1.82. The van der Waals surface area contributed by atoms with E-state index in [9.17, 15) is 4.79 Å². The minimum atomic E-state index is -0.371. The SMILES string of the molecule is C#CCNCc1cc2cccc(OCC)c2oc1=O. The predicted molar refractivity (Wildman–Crippen MR) is 74.2 cm³/mol. The van der Waals surface area contributed by atoms with E-state index in [1.165, 1.54) is 0 Å². The third kappa shape index (κ3) is 2.95. The molecule has 0 fully saturated rings. The van der Waals surface area contributed by atoms with Crippen LogP contribution in [-0.4, -0.2) is 13.2 Å². The molecule has 0 radical (unpaired) electrons. The van der Waals surface area contributed by atoms with E-state index in [0.29, 0.717) is 36.6 Å². The van der Waals surface area contributed by atoms with E-state index >= 15 is 0 Å². The average molecular weight is 257 g/mol. The quantitative estimate of drug-likeness (QED) is 0.505. The summed E-state index contributed by atoms with van der Waals surface area (Å²) in [7, 11) is 0. The van der Waals surface area contributed by atoms with Crippen LogP contribution in [-0.2, 0) is 6.54 Å². The zero-order chi connectivity index (χ0) is 13.7. The molecule has 2 rings (SSSR count). The van der Waals surface area contributed by atoms with Crippen LogP contribution in [0.4, 0.5) is 0 Å². The standard InChI is InChI=1S/C15H15NO3/c1-3-8-16-10-12-9-11-6-5-7-13(18-4-2)14(11)19-15(12)17/h1,5-7,9,16H,4,8,10H2,2H3. The lowest BCUT2D eigenvalue weighted by Crippen LogP contribution is -2.19. The van der Waals surface area contributed by atoms with Crippen LogP contribution in [0.25, 0.3) is 11.0 Å². The van der Waals surface area contributed by atoms with Crippen LogP contribution in [0.2, 0.25) is 0 Å². The molecule has 0 amide bonds. The number of rotatable bonds is 5. The first kappa shape index (κ1) is 13.2. The van der Waals surface area contributed by atoms with E-state index in [-0.39, 0.29) is 5.63 Å². The number of benzene rings is 1. The number of hydrogen-bond acceptors (Lipinski definition) is 4. The molecule has 4 heteroatoms. The van der Waals surface area contributed by atoms with Crippen molar-refractivity contribution in [1.29, 1.82) is 0 Å². The van der Waals surface area contributed by atoms with E-state index in [1.807, 2.05) is 19.1 Å². The molecule has 0 aliphatic rings. The third-order valence-electron chi connectivity index (χ3n) is 2.64. The molecular weight excluding hydrogens is 242 g/mol. The van der Waals surface area contributed by atoms with Crippen molar-refractivity contribution < 1.29 is 9.15 Å². The number of ether oxygens (including phenoxy) is 1. The summed E-state index contributed by atoms with van der Waals surface area (Å²) in [6.07, 6.45) is 5.14. The lowest BCUT2D eigenvalue weighted by molar-refractivity contribution is 0.337. The van der Waals surface area contributed by atoms with Crippen LogP contribution in [0.15, 0.2) is 33.5 Å². The third-order valence-corrected chi connectivity index (χ3v) is 2.64. The Balaban J connectivity index is 2.41. The minimum Gasteiger partial charge on any atom is -0.490 e. The number of terminal acetylenes is 1. The van der Waals surface area contributed by atoms with Gasteiger partial charge in [-0.2, -0.15) is 0 Å². The van der Waals surface area contributed by atoms with Gasteiger partial charge in [0, 0.05) is 11.9 Å². The summed E-state index contributed by atoms with van der Waals surface area (Å²) in [6, 6.07) is 7.33. The summed E-state index contributed by atoms with van der Waals surface area (Å²) >= 11 is 0. The molecule has 4 nitrogen and oxygen atoms in total. The van der Waals surface area contributed by atoms with Gasteiger partial charge in [0.2, 0.25) is 0 Å². The van der Waals surface area contributed by atoms with Gasteiger partial charge in [-0.15, -0.1) is 6.42 Å². The van der Waals surface area contributed by atoms with Crippen molar-refractivity contribution in [3.05, 3.63) is 40.2 Å². The Labute approximate surface area is 111 Å². The fraction of sp³-hybridized carbons (Fsp3) is 0.267. The zero-order valence-electron chi connectivity index (χ0n) is 10.7. The van der Waals surface area contributed by atoms with Gasteiger partial charge in [-0.3, -0.25) is 0 Å². The van der Waals surface area contributed by atoms with Crippen molar-refractivity contribution in [2.75, 3.05) is 13.2 Å². The Morgan fingerprint density at radius 2 is 2.32 bits per heavy atom. The van der Waals surface area contributed by atoms with Gasteiger partial charge in [-0.1, -0.05) is 18.1 Å². The molecule has 0 aliphatic carbocycles. The molecule has 0 aliphatic heterocycles. The molecule has 98 valence electrons. The highest BCUT2D eigenvalue weighted by molar-refractivity contribution is 5.82. The van der Waals surface area contributed by atoms with Crippen LogP contribution in [0.3, 0.4) is 0 Å². The van der Waals surface area contributed by atoms with E-state index in [2.05, 4.69) is 11.2 Å². The molecule has 0 atom stereocenters. The number of para-hydroxylation sites is 1. The monoisotopic (exact) mass is 257 g/mol. The molecule has 2 aromatic rings. The highest BCUT2D eigenvalue weighted by Gasteiger charge is 2.09. The van der Waals surface area contributed by atoms with Gasteiger partial charge in [-0.05, 0) is 19.1 Å². The van der Waals surface area contributed by atoms with Gasteiger partial charge in [-0.25, -0.2) is 4.79 Å². The smallest absolute Gasteiger partial charge is 0.340 e. The summed E-state index contributed by atoms with van der Waals surface area (Å²) in [5, 5.41) is 3.81. The maximum absolute atomic E-state index is 11.9. The van der Waals surface area contributed by atoms with Crippen molar-refractivity contribution in [3.8, 4) is 18.1 Å². The fourth-order valence-electron chi connectivity index (χ4n) is 1.82. The Morgan fingerprint density at radius 1 is 1.47 bits per heavy atom. The maximum Gasteiger partial charge on any atom is 0.340 e. The van der Waals surface area contributed by atoms with E-state index in [1.54, 1.807) is 12.1 Å². The van der Waals surface area contributed by atoms with Gasteiger partial charge in [0.15, 0.2) is 11.3 Å². The average Bonchev–Trinajstić information content (AvgIpc) is 2.41. The van der Waals surface area contributed by atoms with E-state index in [0.717, 1.165) is 5.39 Å². The van der Waals surface area contributed by atoms with Gasteiger partial charge in [0.1, 0.15) is 0 Å². The summed E-state index contributed by atoms with van der Waals surface area (Å²) in [5.41, 5.74) is 0.663. The van der Waals surface area contributed by atoms with Crippen LogP contribution < -0.4 is 15.7 Å². The molecule has 0 bridgehead atoms. The normalized spacial score (nSPS) is 10.3. The summed E-state index contributed by atoms with van der Waals surface area (Å²) < 4.78 is 10.8. The number of nitrogens with one attached hydrogen (secondary N) is 1. The molecular formula is C15H15NO3. The van der Waals surface area contributed by atoms with Crippen molar-refractivity contribution in [1.82, 2.24) is 5.32 Å². The van der Waals surface area contributed by atoms with Crippen LogP contribution in [0, 0.1) is 12.3 Å². The largest absolute Gasteiger partial charge is 0.490 e. The molecule has 19 heavy (non-hydrogen) atoms. The second kappa shape index (κ2) is 6.07. The maximum atomic E-state index is 11.9. The molecule has 1 heterocycles. The van der Waals surface area contributed by atoms with Crippen molar-refractivity contribution in [2.45, 2.75) is 13.5 Å². The van der Waals surface area contributed by atoms with Crippen LogP contribution in [0.5, 0.6) is 5.75 Å². The Kier molecular flexibility index (Phi) is 4.22. The summed E-state index contributed by atoms with van der Waals surface area (Å²) in [4.78, 5) is 11.9. The van der Waals surface area contributed by atoms with Crippen LogP contribution in [0.1, 0.15) is 12.5 Å². The molecule has 1 aromatic heterocycles. The lowest BCUT2D eigenvalue weighted by atomic mass is 10.1. The molecule has 1 aromatic carbocycles. The number of fused-ring (bicyclic) bond motifs is 1. The topological polar surface area (TPSA) is 51.5 Å². The first-order valence-corrected chi connectivity index (χ1v) is 6.09. The Bertz CT molecular complexity index is 667. The first-order valence-electron chi connectivity index (χ1n) is 6.09. The van der Waals surface area contributed by atoms with Crippen molar-refractivity contribution >= 4 is 11.0 Å². The Morgan fingerprint density at radius 3 is 3.05 bits per heavy atom. The van der Waals surface area contributed by atoms with E-state index < -0.39 is 0 Å². The lowest BCUT2D eigenvalue weighted by Gasteiger charge is -2.07. The Hall–Kier alpha value is -2.25. The molecule has 0 saturated carbocycles. The highest BCUT2D eigenvalue weighted by atomic mass is 16.5. The number of hydrogen-bond donors (Lipinski definition) is 1. The minimum absolute atomic E-state index is 0.371. The molecule has 0 unspecified atom stereocenters. The second-order valence-corrected chi connectivity index (χ2v) is 3.97. The first-order chi connectivity index (χ1) is 9.26. The molecule has 0 spiro atoms. The summed E-state index contributed by atoms with van der Waals surface area (Å²) in [6.45, 7) is 3.21. The van der Waals surface area contributed by atoms with Gasteiger partial charge >= 0.3 is 5.63 Å². The van der Waals surface area contributed by atoms with Crippen LogP contribution >= 0.6 is 0 Å². The van der Waals surface area contributed by atoms with Crippen molar-refractivity contribution in [2.24, 2.45) is 0 Å². The van der Waals surface area contributed by atoms with E-state index in [4.69, 9.17) is 15.6 Å². The van der Waals surface area contributed by atoms with Gasteiger partial charge in [0.25, 0.3) is 0 Å². The molecule has 0 saturated heterocycles. The highest BCUT2D eigenvalue weighted by Crippen LogP contribution is 2.24.